The average molecular weight is 497 g/mol. The van der Waals surface area contributed by atoms with Crippen molar-refractivity contribution in [1.82, 2.24) is 19.7 Å². The number of carboxylic acids is 1. The third kappa shape index (κ3) is 5.84. The van der Waals surface area contributed by atoms with Crippen molar-refractivity contribution in [2.45, 2.75) is 26.6 Å². The Morgan fingerprint density at radius 1 is 0.973 bits per heavy atom. The van der Waals surface area contributed by atoms with Gasteiger partial charge in [-0.1, -0.05) is 36.4 Å². The normalized spacial score (nSPS) is 10.8. The first-order valence-corrected chi connectivity index (χ1v) is 11.6. The summed E-state index contributed by atoms with van der Waals surface area (Å²) in [4.78, 5) is 20.2. The lowest BCUT2D eigenvalue weighted by atomic mass is 10.2. The fourth-order valence-electron chi connectivity index (χ4n) is 3.65. The Kier molecular flexibility index (Phi) is 6.93. The summed E-state index contributed by atoms with van der Waals surface area (Å²) < 4.78 is 19.0. The van der Waals surface area contributed by atoms with Crippen molar-refractivity contribution in [2.75, 3.05) is 0 Å². The lowest BCUT2D eigenvalue weighted by molar-refractivity contribution is -0.136. The van der Waals surface area contributed by atoms with E-state index in [0.29, 0.717) is 28.8 Å². The maximum atomic E-state index is 11.3. The van der Waals surface area contributed by atoms with E-state index in [0.717, 1.165) is 16.8 Å². The van der Waals surface area contributed by atoms with Crippen molar-refractivity contribution in [1.29, 1.82) is 0 Å². The number of hydrogen-bond donors (Lipinski definition) is 1. The van der Waals surface area contributed by atoms with Crippen LogP contribution in [-0.2, 0) is 24.4 Å². The Balaban J connectivity index is 1.21. The minimum Gasteiger partial charge on any atom is -0.481 e. The summed E-state index contributed by atoms with van der Waals surface area (Å²) in [5.74, 6) is 0.985. The lowest BCUT2D eigenvalue weighted by Gasteiger charge is -2.07. The van der Waals surface area contributed by atoms with E-state index in [4.69, 9.17) is 13.9 Å². The molecule has 0 spiro atoms. The number of hydrogen-bond acceptors (Lipinski definition) is 7. The minimum atomic E-state index is -0.959. The van der Waals surface area contributed by atoms with Gasteiger partial charge in [0.1, 0.15) is 24.7 Å². The predicted octanol–water partition coefficient (Wildman–Crippen LogP) is 5.02. The highest BCUT2D eigenvalue weighted by Gasteiger charge is 2.15. The summed E-state index contributed by atoms with van der Waals surface area (Å²) in [6.45, 7) is 2.25. The second-order valence-corrected chi connectivity index (χ2v) is 8.28. The maximum Gasteiger partial charge on any atom is 0.308 e. The molecule has 2 aromatic carbocycles. The number of rotatable bonds is 10. The van der Waals surface area contributed by atoms with Gasteiger partial charge in [-0.3, -0.25) is 4.79 Å². The van der Waals surface area contributed by atoms with Gasteiger partial charge in [0.15, 0.2) is 0 Å². The van der Waals surface area contributed by atoms with Crippen LogP contribution < -0.4 is 9.47 Å². The van der Waals surface area contributed by atoms with Gasteiger partial charge in [0.25, 0.3) is 0 Å². The summed E-state index contributed by atoms with van der Waals surface area (Å²) >= 11 is 0. The van der Waals surface area contributed by atoms with E-state index < -0.39 is 5.97 Å². The third-order valence-corrected chi connectivity index (χ3v) is 5.56. The molecule has 0 saturated heterocycles. The van der Waals surface area contributed by atoms with Crippen LogP contribution in [-0.4, -0.2) is 30.8 Å². The Bertz CT molecular complexity index is 1480. The van der Waals surface area contributed by atoms with Gasteiger partial charge in [0.05, 0.1) is 12.1 Å². The molecule has 0 amide bonds. The number of nitrogens with zero attached hydrogens (tertiary/aromatic N) is 4. The molecule has 3 heterocycles. The number of aromatic nitrogens is 4. The Morgan fingerprint density at radius 3 is 2.43 bits per heavy atom. The number of aliphatic carboxylic acids is 1. The maximum absolute atomic E-state index is 11.3. The number of carboxylic acid groups (broad SMARTS) is 1. The fourth-order valence-corrected chi connectivity index (χ4v) is 3.65. The van der Waals surface area contributed by atoms with E-state index in [-0.39, 0.29) is 25.5 Å². The zero-order valence-corrected chi connectivity index (χ0v) is 20.1. The summed E-state index contributed by atoms with van der Waals surface area (Å²) in [6, 6.07) is 22.7. The number of ether oxygens (including phenoxy) is 2. The molecular weight excluding hydrogens is 472 g/mol. The van der Waals surface area contributed by atoms with E-state index in [1.807, 2.05) is 73.7 Å². The number of carbonyl (C=O) groups is 1. The van der Waals surface area contributed by atoms with Gasteiger partial charge < -0.3 is 19.0 Å². The van der Waals surface area contributed by atoms with Crippen molar-refractivity contribution in [3.63, 3.8) is 0 Å². The summed E-state index contributed by atoms with van der Waals surface area (Å²) in [5, 5.41) is 13.7. The first-order chi connectivity index (χ1) is 18.0. The highest BCUT2D eigenvalue weighted by atomic mass is 16.5. The molecule has 1 N–H and O–H groups in total. The topological polar surface area (TPSA) is 113 Å². The second-order valence-electron chi connectivity index (χ2n) is 8.28. The van der Waals surface area contributed by atoms with E-state index in [1.54, 1.807) is 23.1 Å². The van der Waals surface area contributed by atoms with Gasteiger partial charge in [-0.2, -0.15) is 0 Å². The molecule has 0 aliphatic heterocycles. The largest absolute Gasteiger partial charge is 0.481 e. The number of benzene rings is 2. The third-order valence-electron chi connectivity index (χ3n) is 5.56. The van der Waals surface area contributed by atoms with E-state index >= 15 is 0 Å². The Hall–Kier alpha value is -4.92. The standard InChI is InChI=1S/C28H24N4O5/c1-19-24(30-27(37-19)21-8-4-2-5-9-21)18-35-25-13-12-20(15-29-25)17-36-28-22(14-26(33)34)16-32(31-28)23-10-6-3-7-11-23/h2-13,15-16H,14,17-18H2,1H3,(H,33,34). The van der Waals surface area contributed by atoms with Crippen LogP contribution in [0.25, 0.3) is 17.1 Å². The van der Waals surface area contributed by atoms with Crippen LogP contribution in [0.4, 0.5) is 0 Å². The molecule has 9 nitrogen and oxygen atoms in total. The second kappa shape index (κ2) is 10.8. The minimum absolute atomic E-state index is 0.175. The van der Waals surface area contributed by atoms with Crippen molar-refractivity contribution < 1.29 is 23.8 Å². The van der Waals surface area contributed by atoms with Crippen molar-refractivity contribution in [3.05, 3.63) is 108 Å². The number of oxazole rings is 1. The van der Waals surface area contributed by atoms with Crippen LogP contribution in [0, 0.1) is 6.92 Å². The quantitative estimate of drug-likeness (QED) is 0.287. The van der Waals surface area contributed by atoms with Gasteiger partial charge in [0, 0.05) is 35.2 Å². The molecule has 37 heavy (non-hydrogen) atoms. The lowest BCUT2D eigenvalue weighted by Crippen LogP contribution is -2.04. The summed E-state index contributed by atoms with van der Waals surface area (Å²) in [5.41, 5.74) is 3.69. The van der Waals surface area contributed by atoms with Gasteiger partial charge in [-0.15, -0.1) is 5.10 Å². The summed E-state index contributed by atoms with van der Waals surface area (Å²) in [7, 11) is 0. The van der Waals surface area contributed by atoms with Crippen LogP contribution >= 0.6 is 0 Å². The molecule has 0 bridgehead atoms. The highest BCUT2D eigenvalue weighted by Crippen LogP contribution is 2.23. The van der Waals surface area contributed by atoms with Gasteiger partial charge in [0.2, 0.25) is 17.7 Å². The van der Waals surface area contributed by atoms with E-state index in [2.05, 4.69) is 15.1 Å². The molecular formula is C28H24N4O5. The molecule has 3 aromatic heterocycles. The molecule has 0 atom stereocenters. The van der Waals surface area contributed by atoms with Crippen molar-refractivity contribution in [3.8, 4) is 28.9 Å². The molecule has 0 fully saturated rings. The van der Waals surface area contributed by atoms with Crippen LogP contribution in [0.15, 0.2) is 89.6 Å². The monoisotopic (exact) mass is 496 g/mol. The number of pyridine rings is 1. The van der Waals surface area contributed by atoms with Crippen LogP contribution in [0.1, 0.15) is 22.6 Å². The summed E-state index contributed by atoms with van der Waals surface area (Å²) in [6.07, 6.45) is 3.12. The number of para-hydroxylation sites is 1. The molecule has 0 radical (unpaired) electrons. The SMILES string of the molecule is Cc1oc(-c2ccccc2)nc1COc1ccc(COc2nn(-c3ccccc3)cc2CC(=O)O)cn1. The van der Waals surface area contributed by atoms with E-state index in [9.17, 15) is 9.90 Å². The van der Waals surface area contributed by atoms with Gasteiger partial charge in [-0.25, -0.2) is 14.6 Å². The van der Waals surface area contributed by atoms with Crippen LogP contribution in [0.2, 0.25) is 0 Å². The predicted molar refractivity (Wildman–Crippen MR) is 134 cm³/mol. The first-order valence-electron chi connectivity index (χ1n) is 11.6. The van der Waals surface area contributed by atoms with Gasteiger partial charge in [-0.05, 0) is 37.3 Å². The molecule has 0 saturated carbocycles. The fraction of sp³-hybridized carbons (Fsp3) is 0.143. The number of aryl methyl sites for hydroxylation is 1. The first kappa shape index (κ1) is 23.8. The molecule has 5 aromatic rings. The van der Waals surface area contributed by atoms with Crippen LogP contribution in [0.5, 0.6) is 11.8 Å². The molecule has 0 aliphatic carbocycles. The smallest absolute Gasteiger partial charge is 0.308 e. The van der Waals surface area contributed by atoms with Crippen LogP contribution in [0.3, 0.4) is 0 Å². The molecule has 5 rings (SSSR count). The molecule has 9 heteroatoms. The highest BCUT2D eigenvalue weighted by molar-refractivity contribution is 5.71. The molecule has 0 aliphatic rings. The Morgan fingerprint density at radius 2 is 1.73 bits per heavy atom. The van der Waals surface area contributed by atoms with Gasteiger partial charge >= 0.3 is 5.97 Å². The Labute approximate surface area is 213 Å². The average Bonchev–Trinajstić information content (AvgIpc) is 3.50. The molecule has 186 valence electrons. The van der Waals surface area contributed by atoms with Crippen molar-refractivity contribution in [2.24, 2.45) is 0 Å². The zero-order valence-electron chi connectivity index (χ0n) is 20.1. The van der Waals surface area contributed by atoms with Crippen molar-refractivity contribution >= 4 is 5.97 Å². The molecule has 0 unspecified atom stereocenters. The van der Waals surface area contributed by atoms with E-state index in [1.165, 1.54) is 0 Å². The zero-order chi connectivity index (χ0) is 25.6.